The number of carbonyl (C=O) groups excluding carboxylic acids is 1. The van der Waals surface area contributed by atoms with Gasteiger partial charge in [0.05, 0.1) is 5.69 Å². The maximum Gasteiger partial charge on any atom is 0.226 e. The van der Waals surface area contributed by atoms with Crippen molar-refractivity contribution in [2.24, 2.45) is 5.73 Å². The van der Waals surface area contributed by atoms with E-state index in [0.29, 0.717) is 11.6 Å². The zero-order chi connectivity index (χ0) is 11.3. The third kappa shape index (κ3) is 3.97. The van der Waals surface area contributed by atoms with Gasteiger partial charge in [-0.05, 0) is 13.3 Å². The average Bonchev–Trinajstić information content (AvgIpc) is 2.63. The molecule has 0 radical (unpaired) electrons. The molecular formula is C10H17N3OS. The van der Waals surface area contributed by atoms with E-state index in [1.165, 1.54) is 11.3 Å². The highest BCUT2D eigenvalue weighted by molar-refractivity contribution is 7.13. The maximum absolute atomic E-state index is 11.4. The molecule has 0 spiro atoms. The topological polar surface area (TPSA) is 68.0 Å². The van der Waals surface area contributed by atoms with Crippen LogP contribution >= 0.6 is 11.3 Å². The van der Waals surface area contributed by atoms with Crippen LogP contribution in [0.3, 0.4) is 0 Å². The summed E-state index contributed by atoms with van der Waals surface area (Å²) in [6.45, 7) is 3.93. The molecule has 3 N–H and O–H groups in total. The molecule has 0 bridgehead atoms. The van der Waals surface area contributed by atoms with Crippen LogP contribution in [-0.2, 0) is 4.79 Å². The van der Waals surface area contributed by atoms with Crippen LogP contribution in [0.5, 0.6) is 0 Å². The van der Waals surface area contributed by atoms with Crippen molar-refractivity contribution in [1.82, 2.24) is 4.98 Å². The third-order valence-corrected chi connectivity index (χ3v) is 2.77. The molecule has 1 aromatic heterocycles. The molecule has 0 aliphatic rings. The summed E-state index contributed by atoms with van der Waals surface area (Å²) < 4.78 is 0. The van der Waals surface area contributed by atoms with Gasteiger partial charge in [-0.2, -0.15) is 0 Å². The third-order valence-electron chi connectivity index (χ3n) is 1.99. The van der Waals surface area contributed by atoms with Crippen LogP contribution in [0.25, 0.3) is 0 Å². The number of nitrogens with one attached hydrogen (secondary N) is 1. The van der Waals surface area contributed by atoms with Crippen LogP contribution in [-0.4, -0.2) is 10.9 Å². The molecule has 5 heteroatoms. The molecule has 1 heterocycles. The number of carbonyl (C=O) groups is 1. The summed E-state index contributed by atoms with van der Waals surface area (Å²) >= 11 is 1.42. The molecule has 4 nitrogen and oxygen atoms in total. The van der Waals surface area contributed by atoms with E-state index in [-0.39, 0.29) is 11.9 Å². The normalized spacial score (nSPS) is 12.5. The van der Waals surface area contributed by atoms with Gasteiger partial charge in [0.15, 0.2) is 5.13 Å². The Hall–Kier alpha value is -0.940. The van der Waals surface area contributed by atoms with Gasteiger partial charge < -0.3 is 11.1 Å². The Balaban J connectivity index is 2.46. The molecule has 15 heavy (non-hydrogen) atoms. The van der Waals surface area contributed by atoms with Crippen LogP contribution in [0, 0.1) is 0 Å². The van der Waals surface area contributed by atoms with Gasteiger partial charge in [-0.1, -0.05) is 13.3 Å². The second kappa shape index (κ2) is 5.82. The average molecular weight is 227 g/mol. The first-order valence-electron chi connectivity index (χ1n) is 5.14. The molecule has 0 aliphatic carbocycles. The fourth-order valence-corrected chi connectivity index (χ4v) is 1.90. The molecule has 0 saturated heterocycles. The Morgan fingerprint density at radius 2 is 2.47 bits per heavy atom. The van der Waals surface area contributed by atoms with Crippen LogP contribution in [0.4, 0.5) is 5.13 Å². The van der Waals surface area contributed by atoms with E-state index in [4.69, 9.17) is 5.73 Å². The van der Waals surface area contributed by atoms with E-state index in [1.807, 2.05) is 12.3 Å². The van der Waals surface area contributed by atoms with Gasteiger partial charge in [-0.3, -0.25) is 4.79 Å². The molecule has 0 aromatic carbocycles. The summed E-state index contributed by atoms with van der Waals surface area (Å²) in [4.78, 5) is 15.6. The maximum atomic E-state index is 11.4. The molecule has 84 valence electrons. The zero-order valence-corrected chi connectivity index (χ0v) is 9.93. The fraction of sp³-hybridized carbons (Fsp3) is 0.600. The Bertz CT molecular complexity index is 322. The van der Waals surface area contributed by atoms with Crippen molar-refractivity contribution in [2.75, 3.05) is 5.32 Å². The van der Waals surface area contributed by atoms with E-state index >= 15 is 0 Å². The molecule has 1 unspecified atom stereocenters. The lowest BCUT2D eigenvalue weighted by Gasteiger charge is -2.00. The number of hydrogen-bond donors (Lipinski definition) is 2. The standard InChI is InChI=1S/C10H17N3OS/c1-3-4-5-9(14)13-10-12-8(6-15-10)7(2)11/h6-7H,3-5,11H2,1-2H3,(H,12,13,14). The SMILES string of the molecule is CCCCC(=O)Nc1nc(C(C)N)cs1. The van der Waals surface area contributed by atoms with Crippen molar-refractivity contribution in [3.8, 4) is 0 Å². The number of aromatic nitrogens is 1. The first-order valence-corrected chi connectivity index (χ1v) is 6.02. The largest absolute Gasteiger partial charge is 0.323 e. The summed E-state index contributed by atoms with van der Waals surface area (Å²) in [5.41, 5.74) is 6.49. The number of thiazole rings is 1. The Kier molecular flexibility index (Phi) is 4.71. The quantitative estimate of drug-likeness (QED) is 0.811. The first kappa shape index (κ1) is 12.1. The number of nitrogens with zero attached hydrogens (tertiary/aromatic N) is 1. The highest BCUT2D eigenvalue weighted by Crippen LogP contribution is 2.19. The summed E-state index contributed by atoms with van der Waals surface area (Å²) in [5, 5.41) is 5.28. The van der Waals surface area contributed by atoms with Gasteiger partial charge in [-0.25, -0.2) is 4.98 Å². The van der Waals surface area contributed by atoms with Crippen LogP contribution < -0.4 is 11.1 Å². The second-order valence-electron chi connectivity index (χ2n) is 3.52. The fourth-order valence-electron chi connectivity index (χ4n) is 1.07. The van der Waals surface area contributed by atoms with E-state index in [0.717, 1.165) is 18.5 Å². The molecule has 0 fully saturated rings. The molecule has 1 aromatic rings. The zero-order valence-electron chi connectivity index (χ0n) is 9.12. The second-order valence-corrected chi connectivity index (χ2v) is 4.38. The number of rotatable bonds is 5. The van der Waals surface area contributed by atoms with Gasteiger partial charge in [0.25, 0.3) is 0 Å². The monoisotopic (exact) mass is 227 g/mol. The van der Waals surface area contributed by atoms with E-state index < -0.39 is 0 Å². The Morgan fingerprint density at radius 3 is 3.00 bits per heavy atom. The predicted octanol–water partition coefficient (Wildman–Crippen LogP) is 2.29. The number of hydrogen-bond acceptors (Lipinski definition) is 4. The lowest BCUT2D eigenvalue weighted by atomic mass is 10.2. The van der Waals surface area contributed by atoms with Gasteiger partial charge in [-0.15, -0.1) is 11.3 Å². The summed E-state index contributed by atoms with van der Waals surface area (Å²) in [6.07, 6.45) is 2.50. The van der Waals surface area contributed by atoms with E-state index in [1.54, 1.807) is 0 Å². The lowest BCUT2D eigenvalue weighted by Crippen LogP contribution is -2.11. The van der Waals surface area contributed by atoms with Crippen LogP contribution in [0.1, 0.15) is 44.8 Å². The van der Waals surface area contributed by atoms with Crippen LogP contribution in [0.15, 0.2) is 5.38 Å². The number of unbranched alkanes of at least 4 members (excludes halogenated alkanes) is 1. The Labute approximate surface area is 93.9 Å². The highest BCUT2D eigenvalue weighted by atomic mass is 32.1. The number of anilines is 1. The molecule has 1 rings (SSSR count). The van der Waals surface area contributed by atoms with Gasteiger partial charge in [0.1, 0.15) is 0 Å². The minimum atomic E-state index is -0.0810. The van der Waals surface area contributed by atoms with Gasteiger partial charge >= 0.3 is 0 Å². The predicted molar refractivity (Wildman–Crippen MR) is 62.9 cm³/mol. The number of amides is 1. The molecule has 1 amide bonds. The number of nitrogens with two attached hydrogens (primary N) is 1. The minimum absolute atomic E-state index is 0.0300. The highest BCUT2D eigenvalue weighted by Gasteiger charge is 2.08. The van der Waals surface area contributed by atoms with E-state index in [2.05, 4.69) is 17.2 Å². The van der Waals surface area contributed by atoms with Crippen molar-refractivity contribution in [2.45, 2.75) is 39.2 Å². The smallest absolute Gasteiger partial charge is 0.226 e. The lowest BCUT2D eigenvalue weighted by molar-refractivity contribution is -0.116. The molecular weight excluding hydrogens is 210 g/mol. The van der Waals surface area contributed by atoms with E-state index in [9.17, 15) is 4.79 Å². The van der Waals surface area contributed by atoms with Crippen molar-refractivity contribution in [1.29, 1.82) is 0 Å². The van der Waals surface area contributed by atoms with Gasteiger partial charge in [0, 0.05) is 17.8 Å². The summed E-state index contributed by atoms with van der Waals surface area (Å²) in [6, 6.07) is -0.0810. The molecule has 0 aliphatic heterocycles. The van der Waals surface area contributed by atoms with Gasteiger partial charge in [0.2, 0.25) is 5.91 Å². The molecule has 1 atom stereocenters. The summed E-state index contributed by atoms with van der Waals surface area (Å²) in [5.74, 6) is 0.0300. The summed E-state index contributed by atoms with van der Waals surface area (Å²) in [7, 11) is 0. The minimum Gasteiger partial charge on any atom is -0.323 e. The van der Waals surface area contributed by atoms with Crippen molar-refractivity contribution in [3.63, 3.8) is 0 Å². The van der Waals surface area contributed by atoms with Crippen LogP contribution in [0.2, 0.25) is 0 Å². The molecule has 0 saturated carbocycles. The Morgan fingerprint density at radius 1 is 1.73 bits per heavy atom. The van der Waals surface area contributed by atoms with Crippen molar-refractivity contribution >= 4 is 22.4 Å². The van der Waals surface area contributed by atoms with Crippen molar-refractivity contribution < 1.29 is 4.79 Å². The first-order chi connectivity index (χ1) is 7.13. The van der Waals surface area contributed by atoms with Crippen molar-refractivity contribution in [3.05, 3.63) is 11.1 Å².